The summed E-state index contributed by atoms with van der Waals surface area (Å²) in [5.74, 6) is 0.377. The SMILES string of the molecule is COC(=O)[C@H]1CC(=O)N1Cc1ccc(OC)cc1. The van der Waals surface area contributed by atoms with Gasteiger partial charge in [-0.2, -0.15) is 0 Å². The second kappa shape index (κ2) is 5.08. The molecule has 0 bridgehead atoms. The van der Waals surface area contributed by atoms with E-state index in [4.69, 9.17) is 4.74 Å². The second-order valence-electron chi connectivity index (χ2n) is 4.11. The molecule has 2 rings (SSSR count). The summed E-state index contributed by atoms with van der Waals surface area (Å²) in [4.78, 5) is 24.4. The van der Waals surface area contributed by atoms with Gasteiger partial charge in [0.1, 0.15) is 11.8 Å². The largest absolute Gasteiger partial charge is 0.497 e. The number of rotatable bonds is 4. The lowest BCUT2D eigenvalue weighted by Gasteiger charge is -2.38. The molecule has 0 aliphatic carbocycles. The number of likely N-dealkylation sites (tertiary alicyclic amines) is 1. The minimum Gasteiger partial charge on any atom is -0.497 e. The first-order chi connectivity index (χ1) is 8.65. The highest BCUT2D eigenvalue weighted by atomic mass is 16.5. The summed E-state index contributed by atoms with van der Waals surface area (Å²) in [6.07, 6.45) is 0.239. The standard InChI is InChI=1S/C13H15NO4/c1-17-10-5-3-9(4-6-10)8-14-11(7-12(14)15)13(16)18-2/h3-6,11H,7-8H2,1-2H3/t11-/m1/s1. The Morgan fingerprint density at radius 2 is 2.00 bits per heavy atom. The monoisotopic (exact) mass is 249 g/mol. The summed E-state index contributed by atoms with van der Waals surface area (Å²) in [6, 6.07) is 6.96. The molecule has 1 fully saturated rings. The number of β-lactam (4-membered cyclic amide) rings is 1. The van der Waals surface area contributed by atoms with Crippen molar-refractivity contribution in [3.05, 3.63) is 29.8 Å². The highest BCUT2D eigenvalue weighted by Crippen LogP contribution is 2.24. The van der Waals surface area contributed by atoms with Crippen molar-refractivity contribution in [2.75, 3.05) is 14.2 Å². The van der Waals surface area contributed by atoms with Crippen molar-refractivity contribution in [3.8, 4) is 5.75 Å². The van der Waals surface area contributed by atoms with Crippen molar-refractivity contribution in [3.63, 3.8) is 0 Å². The number of carbonyl (C=O) groups excluding carboxylic acids is 2. The van der Waals surface area contributed by atoms with Crippen LogP contribution in [0.4, 0.5) is 0 Å². The molecule has 18 heavy (non-hydrogen) atoms. The highest BCUT2D eigenvalue weighted by Gasteiger charge is 2.41. The molecule has 0 aromatic heterocycles. The lowest BCUT2D eigenvalue weighted by molar-refractivity contribution is -0.165. The molecule has 1 aliphatic heterocycles. The Morgan fingerprint density at radius 3 is 2.50 bits per heavy atom. The number of esters is 1. The van der Waals surface area contributed by atoms with Crippen LogP contribution in [0.1, 0.15) is 12.0 Å². The molecule has 5 heteroatoms. The normalized spacial score (nSPS) is 18.2. The summed E-state index contributed by atoms with van der Waals surface area (Å²) in [7, 11) is 2.93. The van der Waals surface area contributed by atoms with Crippen LogP contribution < -0.4 is 4.74 Å². The van der Waals surface area contributed by atoms with Gasteiger partial charge in [-0.15, -0.1) is 0 Å². The number of hydrogen-bond acceptors (Lipinski definition) is 4. The zero-order valence-corrected chi connectivity index (χ0v) is 10.4. The Balaban J connectivity index is 2.03. The van der Waals surface area contributed by atoms with Crippen LogP contribution in [0.3, 0.4) is 0 Å². The lowest BCUT2D eigenvalue weighted by atomic mass is 10.0. The summed E-state index contributed by atoms with van der Waals surface area (Å²) in [5.41, 5.74) is 0.956. The Labute approximate surface area is 105 Å². The van der Waals surface area contributed by atoms with Crippen LogP contribution in [0.15, 0.2) is 24.3 Å². The van der Waals surface area contributed by atoms with Gasteiger partial charge in [0.2, 0.25) is 5.91 Å². The van der Waals surface area contributed by atoms with Crippen LogP contribution in [0, 0.1) is 0 Å². The molecule has 1 aromatic rings. The minimum atomic E-state index is -0.440. The summed E-state index contributed by atoms with van der Waals surface area (Å²) < 4.78 is 9.71. The number of ether oxygens (including phenoxy) is 2. The van der Waals surface area contributed by atoms with Crippen LogP contribution in [-0.4, -0.2) is 37.0 Å². The molecule has 0 saturated carbocycles. The average Bonchev–Trinajstić information content (AvgIpc) is 2.42. The van der Waals surface area contributed by atoms with Gasteiger partial charge in [-0.3, -0.25) is 4.79 Å². The number of amides is 1. The fraction of sp³-hybridized carbons (Fsp3) is 0.385. The van der Waals surface area contributed by atoms with Crippen molar-refractivity contribution in [2.45, 2.75) is 19.0 Å². The molecule has 1 saturated heterocycles. The maximum absolute atomic E-state index is 11.5. The van der Waals surface area contributed by atoms with Gasteiger partial charge in [-0.05, 0) is 17.7 Å². The van der Waals surface area contributed by atoms with E-state index in [1.54, 1.807) is 7.11 Å². The Hall–Kier alpha value is -2.04. The van der Waals surface area contributed by atoms with Gasteiger partial charge in [-0.25, -0.2) is 4.79 Å². The fourth-order valence-corrected chi connectivity index (χ4v) is 1.93. The first-order valence-corrected chi connectivity index (χ1v) is 5.66. The first kappa shape index (κ1) is 12.4. The van der Waals surface area contributed by atoms with Crippen molar-refractivity contribution in [2.24, 2.45) is 0 Å². The van der Waals surface area contributed by atoms with E-state index >= 15 is 0 Å². The number of benzene rings is 1. The molecule has 0 radical (unpaired) electrons. The fourth-order valence-electron chi connectivity index (χ4n) is 1.93. The van der Waals surface area contributed by atoms with Crippen molar-refractivity contribution in [1.29, 1.82) is 0 Å². The zero-order chi connectivity index (χ0) is 13.1. The van der Waals surface area contributed by atoms with E-state index in [1.165, 1.54) is 12.0 Å². The molecule has 1 atom stereocenters. The number of hydrogen-bond donors (Lipinski definition) is 0. The summed E-state index contributed by atoms with van der Waals surface area (Å²) in [6.45, 7) is 0.419. The van der Waals surface area contributed by atoms with Crippen molar-refractivity contribution in [1.82, 2.24) is 4.90 Å². The molecular weight excluding hydrogens is 234 g/mol. The average molecular weight is 249 g/mol. The molecule has 96 valence electrons. The lowest BCUT2D eigenvalue weighted by Crippen LogP contribution is -2.56. The second-order valence-corrected chi connectivity index (χ2v) is 4.11. The van der Waals surface area contributed by atoms with Crippen LogP contribution in [0.25, 0.3) is 0 Å². The van der Waals surface area contributed by atoms with Crippen molar-refractivity contribution >= 4 is 11.9 Å². The molecule has 0 spiro atoms. The van der Waals surface area contributed by atoms with E-state index in [0.29, 0.717) is 6.54 Å². The summed E-state index contributed by atoms with van der Waals surface area (Å²) in [5, 5.41) is 0. The Bertz CT molecular complexity index is 455. The van der Waals surface area contributed by atoms with E-state index in [2.05, 4.69) is 4.74 Å². The molecule has 1 aromatic carbocycles. The smallest absolute Gasteiger partial charge is 0.329 e. The molecule has 1 aliphatic rings. The zero-order valence-electron chi connectivity index (χ0n) is 10.4. The van der Waals surface area contributed by atoms with E-state index in [9.17, 15) is 9.59 Å². The van der Waals surface area contributed by atoms with Gasteiger partial charge in [0.25, 0.3) is 0 Å². The van der Waals surface area contributed by atoms with E-state index in [-0.39, 0.29) is 18.3 Å². The quantitative estimate of drug-likeness (QED) is 0.589. The van der Waals surface area contributed by atoms with Crippen LogP contribution in [0.5, 0.6) is 5.75 Å². The predicted octanol–water partition coefficient (Wildman–Crippen LogP) is 0.969. The van der Waals surface area contributed by atoms with Gasteiger partial charge < -0.3 is 14.4 Å². The molecule has 5 nitrogen and oxygen atoms in total. The van der Waals surface area contributed by atoms with E-state index in [1.807, 2.05) is 24.3 Å². The molecule has 0 unspecified atom stereocenters. The number of nitrogens with zero attached hydrogens (tertiary/aromatic N) is 1. The number of methoxy groups -OCH3 is 2. The van der Waals surface area contributed by atoms with Crippen LogP contribution in [0.2, 0.25) is 0 Å². The third-order valence-corrected chi connectivity index (χ3v) is 3.05. The Morgan fingerprint density at radius 1 is 1.33 bits per heavy atom. The molecule has 1 amide bonds. The highest BCUT2D eigenvalue weighted by molar-refractivity contribution is 5.94. The maximum atomic E-state index is 11.5. The molecule has 0 N–H and O–H groups in total. The van der Waals surface area contributed by atoms with Gasteiger partial charge in [0.15, 0.2) is 0 Å². The van der Waals surface area contributed by atoms with Gasteiger partial charge in [0.05, 0.1) is 20.6 Å². The maximum Gasteiger partial charge on any atom is 0.329 e. The Kier molecular flexibility index (Phi) is 3.50. The predicted molar refractivity (Wildman–Crippen MR) is 64.0 cm³/mol. The number of carbonyl (C=O) groups is 2. The summed E-state index contributed by atoms with van der Waals surface area (Å²) >= 11 is 0. The van der Waals surface area contributed by atoms with Crippen LogP contribution >= 0.6 is 0 Å². The van der Waals surface area contributed by atoms with Crippen LogP contribution in [-0.2, 0) is 20.9 Å². The van der Waals surface area contributed by atoms with Gasteiger partial charge >= 0.3 is 5.97 Å². The third kappa shape index (κ3) is 2.30. The minimum absolute atomic E-state index is 0.0266. The topological polar surface area (TPSA) is 55.8 Å². The van der Waals surface area contributed by atoms with Gasteiger partial charge in [0, 0.05) is 6.54 Å². The van der Waals surface area contributed by atoms with Gasteiger partial charge in [-0.1, -0.05) is 12.1 Å². The molecular formula is C13H15NO4. The molecule has 1 heterocycles. The third-order valence-electron chi connectivity index (χ3n) is 3.05. The first-order valence-electron chi connectivity index (χ1n) is 5.66. The van der Waals surface area contributed by atoms with E-state index < -0.39 is 6.04 Å². The van der Waals surface area contributed by atoms with E-state index in [0.717, 1.165) is 11.3 Å². The van der Waals surface area contributed by atoms with Crippen molar-refractivity contribution < 1.29 is 19.1 Å².